The standard InChI is InChI=1S/C76H144O17P2/c1-7-11-13-15-17-19-20-21-22-26-29-35-41-47-53-59-74(79)87-65-72(93-75(80)60-54-48-42-36-30-27-24-23-25-28-33-38-44-50-56-68(5)9-3)67-91-95(84,85)89-63-70(77)62-88-94(82,83)90-66-71(64-86-73(78)58-52-46-40-18-16-14-12-8-2)92-76(81)61-55-49-43-37-32-31-34-39-45-51-57-69(6)10-4/h19-22,68-72,77H,7-18,23-67H2,1-6H3,(H,82,83)(H,84,85)/b20-19-,22-21-/t68?,69?,70-,71+,72+/m0/s1. The van der Waals surface area contributed by atoms with Crippen molar-refractivity contribution in [1.82, 2.24) is 0 Å². The number of phosphoric acid groups is 2. The summed E-state index contributed by atoms with van der Waals surface area (Å²) in [6.45, 7) is 9.58. The molecule has 0 heterocycles. The second kappa shape index (κ2) is 67.4. The highest BCUT2D eigenvalue weighted by molar-refractivity contribution is 7.47. The molecule has 0 aliphatic heterocycles. The van der Waals surface area contributed by atoms with Crippen molar-refractivity contribution in [2.24, 2.45) is 11.8 Å². The van der Waals surface area contributed by atoms with Gasteiger partial charge in [0, 0.05) is 25.7 Å². The first-order valence-electron chi connectivity index (χ1n) is 38.9. The smallest absolute Gasteiger partial charge is 0.462 e. The molecule has 0 saturated carbocycles. The van der Waals surface area contributed by atoms with E-state index in [0.717, 1.165) is 127 Å². The van der Waals surface area contributed by atoms with E-state index in [1.807, 2.05) is 0 Å². The van der Waals surface area contributed by atoms with Crippen molar-refractivity contribution in [3.05, 3.63) is 24.3 Å². The van der Waals surface area contributed by atoms with E-state index in [4.69, 9.17) is 37.0 Å². The van der Waals surface area contributed by atoms with Crippen molar-refractivity contribution in [3.63, 3.8) is 0 Å². The molecule has 0 bridgehead atoms. The highest BCUT2D eigenvalue weighted by Crippen LogP contribution is 2.45. The van der Waals surface area contributed by atoms with E-state index in [2.05, 4.69) is 65.8 Å². The number of aliphatic hydroxyl groups is 1. The van der Waals surface area contributed by atoms with Crippen LogP contribution in [0.1, 0.15) is 369 Å². The summed E-state index contributed by atoms with van der Waals surface area (Å²) in [5.41, 5.74) is 0. The zero-order valence-electron chi connectivity index (χ0n) is 61.5. The quantitative estimate of drug-likeness (QED) is 0.0169. The van der Waals surface area contributed by atoms with Crippen LogP contribution in [0.5, 0.6) is 0 Å². The molecule has 0 saturated heterocycles. The molecule has 0 aromatic heterocycles. The first-order chi connectivity index (χ1) is 45.9. The topological polar surface area (TPSA) is 237 Å². The van der Waals surface area contributed by atoms with Crippen LogP contribution < -0.4 is 0 Å². The lowest BCUT2D eigenvalue weighted by molar-refractivity contribution is -0.161. The Balaban J connectivity index is 5.26. The van der Waals surface area contributed by atoms with Crippen LogP contribution in [0.25, 0.3) is 0 Å². The molecule has 3 N–H and O–H groups in total. The number of ether oxygens (including phenoxy) is 4. The molecule has 4 unspecified atom stereocenters. The number of hydrogen-bond donors (Lipinski definition) is 3. The van der Waals surface area contributed by atoms with Crippen molar-refractivity contribution in [2.75, 3.05) is 39.6 Å². The molecule has 0 aliphatic rings. The van der Waals surface area contributed by atoms with Crippen LogP contribution >= 0.6 is 15.6 Å². The summed E-state index contributed by atoms with van der Waals surface area (Å²) in [5.74, 6) is -0.503. The second-order valence-corrected chi connectivity index (χ2v) is 30.1. The maximum Gasteiger partial charge on any atom is 0.472 e. The molecule has 560 valence electrons. The minimum atomic E-state index is -4.96. The Kier molecular flexibility index (Phi) is 65.6. The van der Waals surface area contributed by atoms with Crippen LogP contribution in [0.2, 0.25) is 0 Å². The van der Waals surface area contributed by atoms with Gasteiger partial charge in [-0.05, 0) is 63.2 Å². The third-order valence-corrected chi connectivity index (χ3v) is 19.7. The second-order valence-electron chi connectivity index (χ2n) is 27.2. The lowest BCUT2D eigenvalue weighted by Gasteiger charge is -2.21. The third kappa shape index (κ3) is 67.2. The maximum atomic E-state index is 13.1. The van der Waals surface area contributed by atoms with Gasteiger partial charge in [-0.25, -0.2) is 9.13 Å². The zero-order chi connectivity index (χ0) is 70.0. The number of hydrogen-bond acceptors (Lipinski definition) is 15. The first-order valence-corrected chi connectivity index (χ1v) is 41.9. The molecule has 0 spiro atoms. The molecule has 0 aromatic rings. The highest BCUT2D eigenvalue weighted by Gasteiger charge is 2.30. The van der Waals surface area contributed by atoms with Gasteiger partial charge in [-0.3, -0.25) is 37.3 Å². The molecule has 7 atom stereocenters. The van der Waals surface area contributed by atoms with Crippen molar-refractivity contribution >= 4 is 39.5 Å². The number of unbranched alkanes of at least 4 members (excludes halogenated alkanes) is 38. The SMILES string of the molecule is CCCCCC/C=C\C=C/CCCCCCCC(=O)OC[C@H](COP(=O)(O)OC[C@@H](O)COP(=O)(O)OC[C@@H](COC(=O)CCCCCCCCCC)OC(=O)CCCCCCCCCCCCC(C)CC)OC(=O)CCCCCCCCCCCCCCCCC(C)CC. The summed E-state index contributed by atoms with van der Waals surface area (Å²) >= 11 is 0. The predicted molar refractivity (Wildman–Crippen MR) is 386 cm³/mol. The number of allylic oxidation sites excluding steroid dienone is 4. The average molecular weight is 1390 g/mol. The molecule has 0 rings (SSSR count). The summed E-state index contributed by atoms with van der Waals surface area (Å²) in [7, 11) is -9.92. The number of rotatable bonds is 73. The van der Waals surface area contributed by atoms with Gasteiger partial charge in [0.1, 0.15) is 19.3 Å². The van der Waals surface area contributed by atoms with Crippen LogP contribution in [-0.2, 0) is 65.4 Å². The summed E-state index contributed by atoms with van der Waals surface area (Å²) in [5, 5.41) is 10.6. The minimum absolute atomic E-state index is 0.101. The van der Waals surface area contributed by atoms with E-state index < -0.39 is 97.5 Å². The van der Waals surface area contributed by atoms with E-state index in [9.17, 15) is 43.2 Å². The Morgan fingerprint density at radius 1 is 0.337 bits per heavy atom. The molecule has 17 nitrogen and oxygen atoms in total. The van der Waals surface area contributed by atoms with Gasteiger partial charge in [0.05, 0.1) is 26.4 Å². The Bertz CT molecular complexity index is 1940. The molecular formula is C76H144O17P2. The Labute approximate surface area is 580 Å². The van der Waals surface area contributed by atoms with Crippen molar-refractivity contribution in [3.8, 4) is 0 Å². The average Bonchev–Trinajstić information content (AvgIpc) is 2.32. The van der Waals surface area contributed by atoms with Crippen LogP contribution in [0.15, 0.2) is 24.3 Å². The number of esters is 4. The predicted octanol–water partition coefficient (Wildman–Crippen LogP) is 21.9. The fourth-order valence-electron chi connectivity index (χ4n) is 11.0. The van der Waals surface area contributed by atoms with E-state index >= 15 is 0 Å². The number of phosphoric ester groups is 2. The third-order valence-electron chi connectivity index (χ3n) is 17.8. The van der Waals surface area contributed by atoms with Gasteiger partial charge in [0.25, 0.3) is 0 Å². The van der Waals surface area contributed by atoms with Gasteiger partial charge in [-0.2, -0.15) is 0 Å². The summed E-state index contributed by atoms with van der Waals surface area (Å²) in [6, 6.07) is 0. The molecule has 0 aromatic carbocycles. The zero-order valence-corrected chi connectivity index (χ0v) is 63.2. The lowest BCUT2D eigenvalue weighted by atomic mass is 9.99. The molecule has 0 aliphatic carbocycles. The van der Waals surface area contributed by atoms with Gasteiger partial charge >= 0.3 is 39.5 Å². The molecular weight excluding hydrogens is 1250 g/mol. The summed E-state index contributed by atoms with van der Waals surface area (Å²) in [6.07, 6.45) is 57.6. The van der Waals surface area contributed by atoms with Crippen molar-refractivity contribution in [2.45, 2.75) is 387 Å². The van der Waals surface area contributed by atoms with E-state index in [0.29, 0.717) is 25.7 Å². The first kappa shape index (κ1) is 92.5. The van der Waals surface area contributed by atoms with E-state index in [1.165, 1.54) is 161 Å². The molecule has 0 amide bonds. The van der Waals surface area contributed by atoms with Gasteiger partial charge in [0.15, 0.2) is 12.2 Å². The van der Waals surface area contributed by atoms with Gasteiger partial charge in [0.2, 0.25) is 0 Å². The molecule has 19 heteroatoms. The van der Waals surface area contributed by atoms with Crippen LogP contribution in [0.4, 0.5) is 0 Å². The fraction of sp³-hybridized carbons (Fsp3) is 0.895. The summed E-state index contributed by atoms with van der Waals surface area (Å²) < 4.78 is 68.4. The van der Waals surface area contributed by atoms with Gasteiger partial charge in [-0.1, -0.05) is 316 Å². The van der Waals surface area contributed by atoms with Gasteiger partial charge in [-0.15, -0.1) is 0 Å². The lowest BCUT2D eigenvalue weighted by Crippen LogP contribution is -2.30. The van der Waals surface area contributed by atoms with Gasteiger partial charge < -0.3 is 33.8 Å². The minimum Gasteiger partial charge on any atom is -0.462 e. The van der Waals surface area contributed by atoms with E-state index in [1.54, 1.807) is 0 Å². The van der Waals surface area contributed by atoms with E-state index in [-0.39, 0.29) is 25.7 Å². The normalized spacial score (nSPS) is 14.7. The monoisotopic (exact) mass is 1390 g/mol. The Hall–Kier alpha value is -2.46. The van der Waals surface area contributed by atoms with Crippen molar-refractivity contribution < 1.29 is 80.2 Å². The fourth-order valence-corrected chi connectivity index (χ4v) is 12.6. The van der Waals surface area contributed by atoms with Crippen LogP contribution in [0, 0.1) is 11.8 Å². The number of aliphatic hydroxyl groups excluding tert-OH is 1. The maximum absolute atomic E-state index is 13.1. The van der Waals surface area contributed by atoms with Crippen LogP contribution in [0.3, 0.4) is 0 Å². The van der Waals surface area contributed by atoms with Crippen LogP contribution in [-0.4, -0.2) is 96.7 Å². The number of carbonyl (C=O) groups is 4. The molecule has 0 radical (unpaired) electrons. The highest BCUT2D eigenvalue weighted by atomic mass is 31.2. The summed E-state index contributed by atoms with van der Waals surface area (Å²) in [4.78, 5) is 72.7. The molecule has 95 heavy (non-hydrogen) atoms. The Morgan fingerprint density at radius 2 is 0.589 bits per heavy atom. The Morgan fingerprint density at radius 3 is 0.895 bits per heavy atom. The van der Waals surface area contributed by atoms with Crippen molar-refractivity contribution in [1.29, 1.82) is 0 Å². The molecule has 0 fully saturated rings. The number of carbonyl (C=O) groups excluding carboxylic acids is 4. The largest absolute Gasteiger partial charge is 0.472 e.